The van der Waals surface area contributed by atoms with Crippen molar-refractivity contribution in [2.24, 2.45) is 0 Å². The van der Waals surface area contributed by atoms with Crippen molar-refractivity contribution >= 4 is 17.2 Å². The van der Waals surface area contributed by atoms with E-state index in [4.69, 9.17) is 9.52 Å². The zero-order valence-electron chi connectivity index (χ0n) is 10.2. The second-order valence-corrected chi connectivity index (χ2v) is 4.82. The molecule has 1 N–H and O–H groups in total. The molecule has 2 heterocycles. The van der Waals surface area contributed by atoms with E-state index in [0.717, 1.165) is 0 Å². The number of amides is 1. The average Bonchev–Trinajstić information content (AvgIpc) is 3.05. The van der Waals surface area contributed by atoms with E-state index < -0.39 is 0 Å². The third-order valence-electron chi connectivity index (χ3n) is 2.70. The molecule has 0 aliphatic rings. The van der Waals surface area contributed by atoms with Crippen LogP contribution in [0.5, 0.6) is 0 Å². The predicted octanol–water partition coefficient (Wildman–Crippen LogP) is 1.86. The minimum absolute atomic E-state index is 0.0720. The molecule has 6 heteroatoms. The number of nitrogens with zero attached hydrogens (tertiary/aromatic N) is 2. The second kappa shape index (κ2) is 5.32. The van der Waals surface area contributed by atoms with Crippen LogP contribution in [0.3, 0.4) is 0 Å². The average molecular weight is 266 g/mol. The number of furan rings is 1. The van der Waals surface area contributed by atoms with Crippen molar-refractivity contribution in [3.63, 3.8) is 0 Å². The Morgan fingerprint density at radius 1 is 1.67 bits per heavy atom. The van der Waals surface area contributed by atoms with Crippen LogP contribution in [0, 0.1) is 0 Å². The van der Waals surface area contributed by atoms with Crippen LogP contribution < -0.4 is 0 Å². The summed E-state index contributed by atoms with van der Waals surface area (Å²) in [7, 11) is 1.65. The van der Waals surface area contributed by atoms with Gasteiger partial charge >= 0.3 is 0 Å². The Balaban J connectivity index is 2.18. The quantitative estimate of drug-likeness (QED) is 0.917. The van der Waals surface area contributed by atoms with Crippen LogP contribution in [-0.4, -0.2) is 40.6 Å². The number of hydrogen-bond donors (Lipinski definition) is 1. The molecule has 2 rings (SSSR count). The number of aliphatic hydroxyl groups excluding tert-OH is 1. The second-order valence-electron chi connectivity index (χ2n) is 3.96. The van der Waals surface area contributed by atoms with Gasteiger partial charge in [-0.3, -0.25) is 4.79 Å². The molecule has 96 valence electrons. The van der Waals surface area contributed by atoms with Gasteiger partial charge in [0.05, 0.1) is 18.9 Å². The Morgan fingerprint density at radius 3 is 3.06 bits per heavy atom. The number of likely N-dealkylation sites (N-methyl/N-ethyl adjacent to an activating group) is 1. The van der Waals surface area contributed by atoms with Crippen molar-refractivity contribution in [3.05, 3.63) is 29.5 Å². The molecule has 0 aliphatic heterocycles. The lowest BCUT2D eigenvalue weighted by molar-refractivity contribution is 0.0677. The fourth-order valence-electron chi connectivity index (χ4n) is 1.39. The van der Waals surface area contributed by atoms with Crippen LogP contribution in [-0.2, 0) is 0 Å². The van der Waals surface area contributed by atoms with E-state index in [-0.39, 0.29) is 18.6 Å². The van der Waals surface area contributed by atoms with Gasteiger partial charge in [0.25, 0.3) is 5.91 Å². The molecule has 5 nitrogen and oxygen atoms in total. The summed E-state index contributed by atoms with van der Waals surface area (Å²) in [5.41, 5.74) is 0.370. The molecule has 1 unspecified atom stereocenters. The summed E-state index contributed by atoms with van der Waals surface area (Å²) in [5, 5.41) is 11.4. The first-order valence-corrected chi connectivity index (χ1v) is 6.39. The van der Waals surface area contributed by atoms with Crippen molar-refractivity contribution in [3.8, 4) is 10.8 Å². The lowest BCUT2D eigenvalue weighted by Crippen LogP contribution is -2.37. The summed E-state index contributed by atoms with van der Waals surface area (Å²) in [4.78, 5) is 17.8. The molecular formula is C12H14N2O3S. The molecule has 0 saturated carbocycles. The van der Waals surface area contributed by atoms with Gasteiger partial charge in [0.15, 0.2) is 10.8 Å². The summed E-state index contributed by atoms with van der Waals surface area (Å²) in [5.74, 6) is 0.447. The molecule has 18 heavy (non-hydrogen) atoms. The molecule has 1 amide bonds. The molecule has 0 saturated heterocycles. The first kappa shape index (κ1) is 12.8. The summed E-state index contributed by atoms with van der Waals surface area (Å²) in [6.07, 6.45) is 1.57. The number of carbonyl (C=O) groups is 1. The van der Waals surface area contributed by atoms with Crippen LogP contribution in [0.25, 0.3) is 10.8 Å². The lowest BCUT2D eigenvalue weighted by Gasteiger charge is -2.21. The SMILES string of the molecule is CC(CO)N(C)C(=O)c1csc(-c2ccco2)n1. The van der Waals surface area contributed by atoms with Gasteiger partial charge in [-0.25, -0.2) is 4.98 Å². The normalized spacial score (nSPS) is 12.4. The van der Waals surface area contributed by atoms with Crippen molar-refractivity contribution < 1.29 is 14.3 Å². The van der Waals surface area contributed by atoms with E-state index in [1.54, 1.807) is 37.7 Å². The molecule has 0 aliphatic carbocycles. The maximum Gasteiger partial charge on any atom is 0.273 e. The standard InChI is InChI=1S/C12H14N2O3S/c1-8(6-15)14(2)12(16)9-7-18-11(13-9)10-4-3-5-17-10/h3-5,7-8,15H,6H2,1-2H3. The van der Waals surface area contributed by atoms with Crippen LogP contribution in [0.15, 0.2) is 28.2 Å². The lowest BCUT2D eigenvalue weighted by atomic mass is 10.3. The number of carbonyl (C=O) groups excluding carboxylic acids is 1. The maximum absolute atomic E-state index is 12.1. The summed E-state index contributed by atoms with van der Waals surface area (Å²) >= 11 is 1.36. The van der Waals surface area contributed by atoms with Crippen LogP contribution in [0.1, 0.15) is 17.4 Å². The topological polar surface area (TPSA) is 66.6 Å². The summed E-state index contributed by atoms with van der Waals surface area (Å²) in [6.45, 7) is 1.70. The Labute approximate surface area is 109 Å². The van der Waals surface area contributed by atoms with Crippen LogP contribution in [0.4, 0.5) is 0 Å². The van der Waals surface area contributed by atoms with Gasteiger partial charge in [0, 0.05) is 12.4 Å². The minimum atomic E-state index is -0.230. The zero-order valence-corrected chi connectivity index (χ0v) is 11.0. The number of aliphatic hydroxyl groups is 1. The van der Waals surface area contributed by atoms with Gasteiger partial charge in [0.2, 0.25) is 0 Å². The smallest absolute Gasteiger partial charge is 0.273 e. The first-order chi connectivity index (χ1) is 8.63. The van der Waals surface area contributed by atoms with Gasteiger partial charge in [-0.05, 0) is 19.1 Å². The number of rotatable bonds is 4. The van der Waals surface area contributed by atoms with Crippen molar-refractivity contribution in [2.45, 2.75) is 13.0 Å². The Morgan fingerprint density at radius 2 is 2.44 bits per heavy atom. The van der Waals surface area contributed by atoms with Crippen molar-refractivity contribution in [2.75, 3.05) is 13.7 Å². The number of aromatic nitrogens is 1. The number of thiazole rings is 1. The first-order valence-electron chi connectivity index (χ1n) is 5.51. The maximum atomic E-state index is 12.1. The number of hydrogen-bond acceptors (Lipinski definition) is 5. The molecule has 0 fully saturated rings. The fourth-order valence-corrected chi connectivity index (χ4v) is 2.15. The largest absolute Gasteiger partial charge is 0.462 e. The zero-order chi connectivity index (χ0) is 13.1. The summed E-state index contributed by atoms with van der Waals surface area (Å²) in [6, 6.07) is 3.34. The van der Waals surface area contributed by atoms with Crippen LogP contribution in [0.2, 0.25) is 0 Å². The van der Waals surface area contributed by atoms with Gasteiger partial charge in [0.1, 0.15) is 5.69 Å². The van der Waals surface area contributed by atoms with E-state index in [2.05, 4.69) is 4.98 Å². The molecule has 0 spiro atoms. The Kier molecular flexibility index (Phi) is 3.78. The van der Waals surface area contributed by atoms with E-state index in [1.165, 1.54) is 16.2 Å². The predicted molar refractivity (Wildman–Crippen MR) is 68.5 cm³/mol. The van der Waals surface area contributed by atoms with Gasteiger partial charge < -0.3 is 14.4 Å². The highest BCUT2D eigenvalue weighted by Crippen LogP contribution is 2.24. The van der Waals surface area contributed by atoms with Crippen molar-refractivity contribution in [1.29, 1.82) is 0 Å². The highest BCUT2D eigenvalue weighted by molar-refractivity contribution is 7.13. The van der Waals surface area contributed by atoms with Crippen LogP contribution >= 0.6 is 11.3 Å². The fraction of sp³-hybridized carbons (Fsp3) is 0.333. The van der Waals surface area contributed by atoms with E-state index >= 15 is 0 Å². The van der Waals surface area contributed by atoms with Gasteiger partial charge in [-0.2, -0.15) is 0 Å². The minimum Gasteiger partial charge on any atom is -0.462 e. The molecular weight excluding hydrogens is 252 g/mol. The third kappa shape index (κ3) is 2.44. The molecule has 2 aromatic rings. The monoisotopic (exact) mass is 266 g/mol. The molecule has 1 atom stereocenters. The van der Waals surface area contributed by atoms with E-state index in [0.29, 0.717) is 16.5 Å². The molecule has 0 aromatic carbocycles. The Bertz CT molecular complexity index is 521. The highest BCUT2D eigenvalue weighted by atomic mass is 32.1. The van der Waals surface area contributed by atoms with Gasteiger partial charge in [-0.1, -0.05) is 0 Å². The molecule has 0 bridgehead atoms. The van der Waals surface area contributed by atoms with Crippen molar-refractivity contribution in [1.82, 2.24) is 9.88 Å². The third-order valence-corrected chi connectivity index (χ3v) is 3.56. The summed E-state index contributed by atoms with van der Waals surface area (Å²) < 4.78 is 5.22. The van der Waals surface area contributed by atoms with Gasteiger partial charge in [-0.15, -0.1) is 11.3 Å². The van der Waals surface area contributed by atoms with E-state index in [9.17, 15) is 4.79 Å². The Hall–Kier alpha value is -1.66. The molecule has 2 aromatic heterocycles. The molecule has 0 radical (unpaired) electrons. The van der Waals surface area contributed by atoms with E-state index in [1.807, 2.05) is 0 Å². The highest BCUT2D eigenvalue weighted by Gasteiger charge is 2.20.